The van der Waals surface area contributed by atoms with Gasteiger partial charge < -0.3 is 5.32 Å². The number of aromatic amines is 2. The fourth-order valence-corrected chi connectivity index (χ4v) is 0.819. The first kappa shape index (κ1) is 10.8. The molecule has 0 aliphatic heterocycles. The highest BCUT2D eigenvalue weighted by molar-refractivity contribution is 5.73. The molecule has 0 radical (unpaired) electrons. The van der Waals surface area contributed by atoms with E-state index in [1.165, 1.54) is 6.92 Å². The summed E-state index contributed by atoms with van der Waals surface area (Å²) in [5.74, 6) is 4.82. The lowest BCUT2D eigenvalue weighted by atomic mass is 10.3. The maximum Gasteiger partial charge on any atom is 0.278 e. The number of hydrogen-bond donors (Lipinski definition) is 3. The number of carbonyl (C=O) groups is 1. The summed E-state index contributed by atoms with van der Waals surface area (Å²) in [6.07, 6.45) is 0. The van der Waals surface area contributed by atoms with Crippen LogP contribution in [-0.4, -0.2) is 22.6 Å². The fourth-order valence-electron chi connectivity index (χ4n) is 0.819. The molecule has 1 amide bonds. The van der Waals surface area contributed by atoms with E-state index in [-0.39, 0.29) is 18.0 Å². The second-order valence-corrected chi connectivity index (χ2v) is 2.71. The zero-order chi connectivity index (χ0) is 11.3. The van der Waals surface area contributed by atoms with E-state index >= 15 is 0 Å². The third-order valence-electron chi connectivity index (χ3n) is 1.47. The molecule has 0 aliphatic carbocycles. The maximum absolute atomic E-state index is 11.1. The zero-order valence-electron chi connectivity index (χ0n) is 8.01. The Labute approximate surface area is 84.7 Å². The Morgan fingerprint density at radius 1 is 1.47 bits per heavy atom. The predicted molar refractivity (Wildman–Crippen MR) is 53.2 cm³/mol. The number of amides is 1. The summed E-state index contributed by atoms with van der Waals surface area (Å²) < 4.78 is 0. The Kier molecular flexibility index (Phi) is 3.46. The molecule has 0 spiro atoms. The Bertz CT molecular complexity index is 530. The average molecular weight is 207 g/mol. The lowest BCUT2D eigenvalue weighted by Crippen LogP contribution is -2.21. The van der Waals surface area contributed by atoms with Crippen LogP contribution in [0.1, 0.15) is 12.5 Å². The Morgan fingerprint density at radius 3 is 2.87 bits per heavy atom. The molecule has 0 fully saturated rings. The van der Waals surface area contributed by atoms with Crippen molar-refractivity contribution in [1.82, 2.24) is 15.5 Å². The molecular weight excluding hydrogens is 198 g/mol. The van der Waals surface area contributed by atoms with E-state index in [1.54, 1.807) is 0 Å². The molecule has 0 unspecified atom stereocenters. The molecule has 0 aromatic carbocycles. The summed E-state index contributed by atoms with van der Waals surface area (Å²) in [6.45, 7) is 1.50. The summed E-state index contributed by atoms with van der Waals surface area (Å²) in [7, 11) is 0. The fraction of sp³-hybridized carbons (Fsp3) is 0.222. The van der Waals surface area contributed by atoms with Gasteiger partial charge >= 0.3 is 0 Å². The van der Waals surface area contributed by atoms with Gasteiger partial charge in [-0.05, 0) is 0 Å². The van der Waals surface area contributed by atoms with Gasteiger partial charge in [0, 0.05) is 13.0 Å². The molecular formula is C9H9N3O3. The van der Waals surface area contributed by atoms with E-state index in [1.807, 2.05) is 0 Å². The normalized spacial score (nSPS) is 8.87. The van der Waals surface area contributed by atoms with Crippen molar-refractivity contribution in [3.05, 3.63) is 32.3 Å². The maximum atomic E-state index is 11.1. The van der Waals surface area contributed by atoms with Gasteiger partial charge in [-0.25, -0.2) is 0 Å². The molecule has 0 aliphatic rings. The molecule has 1 aromatic rings. The lowest BCUT2D eigenvalue weighted by molar-refractivity contribution is -0.118. The molecule has 1 aromatic heterocycles. The van der Waals surface area contributed by atoms with Crippen molar-refractivity contribution >= 4 is 5.91 Å². The molecule has 78 valence electrons. The van der Waals surface area contributed by atoms with Crippen LogP contribution in [-0.2, 0) is 4.79 Å². The third kappa shape index (κ3) is 3.52. The standard InChI is InChI=1S/C9H9N3O3/c1-6(13)10-4-2-3-7-5-8(14)11-12-9(7)15/h5H,4H2,1H3,(H,10,13)(H,11,14)(H,12,15). The summed E-state index contributed by atoms with van der Waals surface area (Å²) >= 11 is 0. The number of H-pyrrole nitrogens is 2. The first-order chi connectivity index (χ1) is 7.09. The summed E-state index contributed by atoms with van der Waals surface area (Å²) in [5, 5.41) is 6.69. The first-order valence-corrected chi connectivity index (χ1v) is 4.15. The quantitative estimate of drug-likeness (QED) is 0.492. The number of nitrogens with one attached hydrogen (secondary N) is 3. The lowest BCUT2D eigenvalue weighted by Gasteiger charge is -1.91. The van der Waals surface area contributed by atoms with Gasteiger partial charge in [-0.15, -0.1) is 0 Å². The highest BCUT2D eigenvalue weighted by Crippen LogP contribution is 1.77. The topological polar surface area (TPSA) is 94.8 Å². The number of carbonyl (C=O) groups excluding carboxylic acids is 1. The van der Waals surface area contributed by atoms with Gasteiger partial charge in [0.25, 0.3) is 11.1 Å². The van der Waals surface area contributed by atoms with Crippen LogP contribution < -0.4 is 16.4 Å². The monoisotopic (exact) mass is 207 g/mol. The molecule has 0 saturated carbocycles. The average Bonchev–Trinajstić information content (AvgIpc) is 2.17. The zero-order valence-corrected chi connectivity index (χ0v) is 8.01. The van der Waals surface area contributed by atoms with Crippen LogP contribution >= 0.6 is 0 Å². The SMILES string of the molecule is CC(=O)NCC#Cc1cc(=O)[nH][nH]c1=O. The predicted octanol–water partition coefficient (Wildman–Crippen LogP) is -1.45. The molecule has 1 heterocycles. The van der Waals surface area contributed by atoms with Gasteiger partial charge in [0.15, 0.2) is 0 Å². The molecule has 6 nitrogen and oxygen atoms in total. The highest BCUT2D eigenvalue weighted by Gasteiger charge is 1.94. The van der Waals surface area contributed by atoms with Crippen LogP contribution in [0.15, 0.2) is 15.7 Å². The van der Waals surface area contributed by atoms with Crippen molar-refractivity contribution < 1.29 is 4.79 Å². The molecule has 1 rings (SSSR count). The van der Waals surface area contributed by atoms with Gasteiger partial charge in [0.2, 0.25) is 5.91 Å². The molecule has 3 N–H and O–H groups in total. The van der Waals surface area contributed by atoms with Crippen LogP contribution in [0.4, 0.5) is 0 Å². The minimum atomic E-state index is -0.468. The molecule has 0 atom stereocenters. The molecule has 0 saturated heterocycles. The summed E-state index contributed by atoms with van der Waals surface area (Å²) in [4.78, 5) is 32.4. The van der Waals surface area contributed by atoms with Crippen molar-refractivity contribution in [3.8, 4) is 11.8 Å². The highest BCUT2D eigenvalue weighted by atomic mass is 16.2. The van der Waals surface area contributed by atoms with E-state index in [9.17, 15) is 14.4 Å². The Morgan fingerprint density at radius 2 is 2.20 bits per heavy atom. The third-order valence-corrected chi connectivity index (χ3v) is 1.47. The number of rotatable bonds is 1. The molecule has 15 heavy (non-hydrogen) atoms. The van der Waals surface area contributed by atoms with Gasteiger partial charge in [-0.2, -0.15) is 0 Å². The largest absolute Gasteiger partial charge is 0.345 e. The minimum Gasteiger partial charge on any atom is -0.345 e. The Balaban J connectivity index is 2.80. The van der Waals surface area contributed by atoms with Crippen molar-refractivity contribution in [2.24, 2.45) is 0 Å². The van der Waals surface area contributed by atoms with Crippen LogP contribution in [0.2, 0.25) is 0 Å². The van der Waals surface area contributed by atoms with E-state index in [0.717, 1.165) is 6.07 Å². The van der Waals surface area contributed by atoms with Crippen molar-refractivity contribution in [3.63, 3.8) is 0 Å². The van der Waals surface area contributed by atoms with E-state index < -0.39 is 11.1 Å². The van der Waals surface area contributed by atoms with Crippen molar-refractivity contribution in [1.29, 1.82) is 0 Å². The van der Waals surface area contributed by atoms with Gasteiger partial charge in [0.1, 0.15) is 0 Å². The van der Waals surface area contributed by atoms with Crippen LogP contribution in [0.5, 0.6) is 0 Å². The minimum absolute atomic E-state index is 0.0732. The van der Waals surface area contributed by atoms with E-state index in [4.69, 9.17) is 0 Å². The molecule has 6 heteroatoms. The van der Waals surface area contributed by atoms with Gasteiger partial charge in [-0.3, -0.25) is 24.6 Å². The second-order valence-electron chi connectivity index (χ2n) is 2.71. The van der Waals surface area contributed by atoms with Crippen LogP contribution in [0, 0.1) is 11.8 Å². The number of aromatic nitrogens is 2. The van der Waals surface area contributed by atoms with Crippen molar-refractivity contribution in [2.75, 3.05) is 6.54 Å². The molecule has 0 bridgehead atoms. The summed E-state index contributed by atoms with van der Waals surface area (Å²) in [6, 6.07) is 1.10. The summed E-state index contributed by atoms with van der Waals surface area (Å²) in [5.41, 5.74) is -0.826. The Hall–Kier alpha value is -2.29. The first-order valence-electron chi connectivity index (χ1n) is 4.15. The van der Waals surface area contributed by atoms with Gasteiger partial charge in [0.05, 0.1) is 12.1 Å². The second kappa shape index (κ2) is 4.81. The van der Waals surface area contributed by atoms with E-state index in [2.05, 4.69) is 27.4 Å². The smallest absolute Gasteiger partial charge is 0.278 e. The van der Waals surface area contributed by atoms with Gasteiger partial charge in [-0.1, -0.05) is 11.8 Å². The van der Waals surface area contributed by atoms with Crippen molar-refractivity contribution in [2.45, 2.75) is 6.92 Å². The van der Waals surface area contributed by atoms with E-state index in [0.29, 0.717) is 0 Å². The van der Waals surface area contributed by atoms with Crippen LogP contribution in [0.3, 0.4) is 0 Å². The number of hydrogen-bond acceptors (Lipinski definition) is 3. The van der Waals surface area contributed by atoms with Crippen LogP contribution in [0.25, 0.3) is 0 Å².